The molecule has 2 aliphatic rings. The first-order chi connectivity index (χ1) is 26.3. The summed E-state index contributed by atoms with van der Waals surface area (Å²) in [6.45, 7) is 38.0. The predicted molar refractivity (Wildman–Crippen MR) is 249 cm³/mol. The van der Waals surface area contributed by atoms with Gasteiger partial charge in [0.15, 0.2) is 0 Å². The van der Waals surface area contributed by atoms with Crippen molar-refractivity contribution in [2.45, 2.75) is 143 Å². The Labute approximate surface area is 344 Å². The normalized spacial score (nSPS) is 15.6. The van der Waals surface area contributed by atoms with Gasteiger partial charge in [0.05, 0.1) is 17.1 Å². The number of rotatable bonds is 3. The first-order valence-corrected chi connectivity index (χ1v) is 21.3. The van der Waals surface area contributed by atoms with Crippen molar-refractivity contribution >= 4 is 27.8 Å². The molecule has 0 spiro atoms. The van der Waals surface area contributed by atoms with Crippen LogP contribution in [0.1, 0.15) is 155 Å². The summed E-state index contributed by atoms with van der Waals surface area (Å²) in [4.78, 5) is 2.69. The van der Waals surface area contributed by atoms with E-state index in [2.05, 4.69) is 219 Å². The van der Waals surface area contributed by atoms with Gasteiger partial charge in [-0.3, -0.25) is 0 Å². The summed E-state index contributed by atoms with van der Waals surface area (Å²) in [5.41, 5.74) is 19.9. The largest absolute Gasteiger partial charge is 0.309 e. The second-order valence-electron chi connectivity index (χ2n) is 22.4. The molecule has 0 N–H and O–H groups in total. The molecule has 0 saturated carbocycles. The summed E-state index contributed by atoms with van der Waals surface area (Å²) in [5, 5.41) is 2.50. The summed E-state index contributed by atoms with van der Waals surface area (Å²) in [6, 6.07) is 40.7. The van der Waals surface area contributed by atoms with Crippen LogP contribution in [0, 0.1) is 0 Å². The highest BCUT2D eigenvalue weighted by Crippen LogP contribution is 2.60. The molecule has 0 radical (unpaired) electrons. The Bertz CT molecular complexity index is 2450. The minimum atomic E-state index is -0.181. The molecule has 0 amide bonds. The maximum atomic E-state index is 2.69. The Morgan fingerprint density at radius 3 is 1.18 bits per heavy atom. The average Bonchev–Trinajstić information content (AvgIpc) is 3.49. The predicted octanol–water partition coefficient (Wildman–Crippen LogP) is 16.1. The fourth-order valence-electron chi connectivity index (χ4n) is 9.60. The lowest BCUT2D eigenvalue weighted by molar-refractivity contribution is 0.580. The Balaban J connectivity index is 1.57. The lowest BCUT2D eigenvalue weighted by atomic mass is 9.77. The Morgan fingerprint density at radius 2 is 0.754 bits per heavy atom. The standard InChI is InChI=1S/C56H65N/c1-51(2,3)35-24-26-40-42(28-35)55(13,14)44-30-37(53(7,8)9)32-47(49(40)44)57(46-23-19-21-34-20-17-18-22-39(34)46)48-33-38(54(10,11)12)31-45-50(48)41-27-25-36(52(4,5)6)29-43(41)56(45,15)16/h17-33H,1-16H3. The summed E-state index contributed by atoms with van der Waals surface area (Å²) < 4.78 is 0. The summed E-state index contributed by atoms with van der Waals surface area (Å²) in [6.07, 6.45) is 0. The molecule has 6 aromatic rings. The first-order valence-electron chi connectivity index (χ1n) is 21.3. The molecule has 1 nitrogen and oxygen atoms in total. The van der Waals surface area contributed by atoms with Gasteiger partial charge in [0.2, 0.25) is 0 Å². The summed E-state index contributed by atoms with van der Waals surface area (Å²) in [5.74, 6) is 0. The van der Waals surface area contributed by atoms with E-state index in [1.165, 1.54) is 94.6 Å². The number of fused-ring (bicyclic) bond motifs is 7. The van der Waals surface area contributed by atoms with Gasteiger partial charge in [0.25, 0.3) is 0 Å². The Hall–Kier alpha value is -4.62. The lowest BCUT2D eigenvalue weighted by Crippen LogP contribution is -2.22. The molecule has 0 bridgehead atoms. The number of hydrogen-bond donors (Lipinski definition) is 0. The third-order valence-electron chi connectivity index (χ3n) is 13.5. The van der Waals surface area contributed by atoms with Crippen LogP contribution in [0.25, 0.3) is 33.0 Å². The second kappa shape index (κ2) is 12.4. The molecule has 0 saturated heterocycles. The monoisotopic (exact) mass is 752 g/mol. The number of hydrogen-bond acceptors (Lipinski definition) is 1. The first kappa shape index (κ1) is 39.2. The summed E-state index contributed by atoms with van der Waals surface area (Å²) in [7, 11) is 0. The number of benzene rings is 6. The van der Waals surface area contributed by atoms with E-state index in [-0.39, 0.29) is 32.5 Å². The molecule has 0 heterocycles. The molecule has 294 valence electrons. The minimum absolute atomic E-state index is 0.0509. The maximum Gasteiger partial charge on any atom is 0.0546 e. The highest BCUT2D eigenvalue weighted by atomic mass is 15.2. The third-order valence-corrected chi connectivity index (χ3v) is 13.5. The lowest BCUT2D eigenvalue weighted by Gasteiger charge is -2.35. The van der Waals surface area contributed by atoms with Gasteiger partial charge in [-0.05, 0) is 101 Å². The highest BCUT2D eigenvalue weighted by Gasteiger charge is 2.43. The van der Waals surface area contributed by atoms with Gasteiger partial charge in [-0.25, -0.2) is 0 Å². The number of anilines is 3. The van der Waals surface area contributed by atoms with Gasteiger partial charge in [0, 0.05) is 27.3 Å². The van der Waals surface area contributed by atoms with Crippen LogP contribution in [0.5, 0.6) is 0 Å². The van der Waals surface area contributed by atoms with Gasteiger partial charge in [-0.15, -0.1) is 0 Å². The van der Waals surface area contributed by atoms with E-state index in [1.54, 1.807) is 0 Å². The van der Waals surface area contributed by atoms with Gasteiger partial charge < -0.3 is 4.90 Å². The van der Waals surface area contributed by atoms with E-state index < -0.39 is 0 Å². The minimum Gasteiger partial charge on any atom is -0.309 e. The molecule has 0 unspecified atom stereocenters. The molecular formula is C56H65N. The van der Waals surface area contributed by atoms with Gasteiger partial charge in [-0.1, -0.05) is 196 Å². The number of nitrogens with zero attached hydrogens (tertiary/aromatic N) is 1. The van der Waals surface area contributed by atoms with E-state index in [0.29, 0.717) is 0 Å². The van der Waals surface area contributed by atoms with E-state index in [1.807, 2.05) is 0 Å². The zero-order valence-corrected chi connectivity index (χ0v) is 37.8. The van der Waals surface area contributed by atoms with Crippen molar-refractivity contribution < 1.29 is 0 Å². The van der Waals surface area contributed by atoms with Crippen LogP contribution in [0.3, 0.4) is 0 Å². The highest BCUT2D eigenvalue weighted by molar-refractivity contribution is 6.06. The zero-order valence-electron chi connectivity index (χ0n) is 37.8. The van der Waals surface area contributed by atoms with E-state index in [9.17, 15) is 0 Å². The quantitative estimate of drug-likeness (QED) is 0.174. The SMILES string of the molecule is CC(C)(C)c1ccc2c(c1)C(C)(C)c1cc(C(C)(C)C)cc(N(c3cc(C(C)(C)C)cc4c3-c3ccc(C(C)(C)C)cc3C4(C)C)c3cccc4ccccc34)c1-2. The molecule has 2 aliphatic carbocycles. The topological polar surface area (TPSA) is 3.24 Å². The van der Waals surface area contributed by atoms with E-state index in [4.69, 9.17) is 0 Å². The van der Waals surface area contributed by atoms with Crippen LogP contribution in [-0.4, -0.2) is 0 Å². The van der Waals surface area contributed by atoms with Gasteiger partial charge >= 0.3 is 0 Å². The van der Waals surface area contributed by atoms with Crippen LogP contribution >= 0.6 is 0 Å². The molecule has 57 heavy (non-hydrogen) atoms. The molecular weight excluding hydrogens is 687 g/mol. The Morgan fingerprint density at radius 1 is 0.368 bits per heavy atom. The van der Waals surface area contributed by atoms with E-state index >= 15 is 0 Å². The van der Waals surface area contributed by atoms with Crippen molar-refractivity contribution in [1.29, 1.82) is 0 Å². The van der Waals surface area contributed by atoms with Gasteiger partial charge in [-0.2, -0.15) is 0 Å². The maximum absolute atomic E-state index is 2.69. The smallest absolute Gasteiger partial charge is 0.0546 e. The van der Waals surface area contributed by atoms with Crippen molar-refractivity contribution in [1.82, 2.24) is 0 Å². The van der Waals surface area contributed by atoms with Crippen molar-refractivity contribution in [3.05, 3.63) is 148 Å². The van der Waals surface area contributed by atoms with E-state index in [0.717, 1.165) is 0 Å². The third kappa shape index (κ3) is 6.18. The van der Waals surface area contributed by atoms with Crippen molar-refractivity contribution in [2.24, 2.45) is 0 Å². The molecule has 0 atom stereocenters. The van der Waals surface area contributed by atoms with Crippen LogP contribution in [-0.2, 0) is 32.5 Å². The molecule has 6 aromatic carbocycles. The van der Waals surface area contributed by atoms with Crippen molar-refractivity contribution in [3.63, 3.8) is 0 Å². The van der Waals surface area contributed by atoms with Crippen molar-refractivity contribution in [2.75, 3.05) is 4.90 Å². The van der Waals surface area contributed by atoms with Gasteiger partial charge in [0.1, 0.15) is 0 Å². The van der Waals surface area contributed by atoms with Crippen LogP contribution in [0.2, 0.25) is 0 Å². The molecule has 0 aliphatic heterocycles. The average molecular weight is 752 g/mol. The molecule has 1 heteroatoms. The van der Waals surface area contributed by atoms with Crippen LogP contribution in [0.15, 0.2) is 103 Å². The molecule has 8 rings (SSSR count). The molecule has 0 aromatic heterocycles. The fourth-order valence-corrected chi connectivity index (χ4v) is 9.60. The zero-order chi connectivity index (χ0) is 41.4. The van der Waals surface area contributed by atoms with Crippen LogP contribution < -0.4 is 4.90 Å². The fraction of sp³-hybridized carbons (Fsp3) is 0.393. The summed E-state index contributed by atoms with van der Waals surface area (Å²) >= 11 is 0. The second-order valence-corrected chi connectivity index (χ2v) is 22.4. The van der Waals surface area contributed by atoms with Crippen LogP contribution in [0.4, 0.5) is 17.1 Å². The molecule has 0 fully saturated rings. The Kier molecular flexibility index (Phi) is 8.56. The van der Waals surface area contributed by atoms with Crippen molar-refractivity contribution in [3.8, 4) is 22.3 Å².